The first-order valence-corrected chi connectivity index (χ1v) is 8.92. The Morgan fingerprint density at radius 3 is 2.61 bits per heavy atom. The molecular formula is C14H14N4O3S2. The first kappa shape index (κ1) is 15.5. The van der Waals surface area contributed by atoms with Gasteiger partial charge in [-0.05, 0) is 17.7 Å². The maximum atomic E-state index is 12.8. The van der Waals surface area contributed by atoms with Crippen molar-refractivity contribution < 1.29 is 13.2 Å². The Bertz CT molecular complexity index is 844. The van der Waals surface area contributed by atoms with Crippen LogP contribution in [-0.4, -0.2) is 29.5 Å². The van der Waals surface area contributed by atoms with Gasteiger partial charge in [0.2, 0.25) is 5.13 Å². The minimum Gasteiger partial charge on any atom is -0.497 e. The van der Waals surface area contributed by atoms with E-state index in [-0.39, 0.29) is 6.54 Å². The van der Waals surface area contributed by atoms with Crippen molar-refractivity contribution in [3.8, 4) is 5.75 Å². The molecule has 0 bridgehead atoms. The molecule has 0 spiro atoms. The zero-order valence-corrected chi connectivity index (χ0v) is 13.9. The summed E-state index contributed by atoms with van der Waals surface area (Å²) in [5.74, 6) is 0.715. The topological polar surface area (TPSA) is 77.3 Å². The predicted molar refractivity (Wildman–Crippen MR) is 87.8 cm³/mol. The summed E-state index contributed by atoms with van der Waals surface area (Å²) in [7, 11) is -2.21. The molecule has 9 heteroatoms. The van der Waals surface area contributed by atoms with Crippen LogP contribution in [0.2, 0.25) is 0 Å². The summed E-state index contributed by atoms with van der Waals surface area (Å²) >= 11 is 1.26. The molecule has 1 aromatic carbocycles. The molecular weight excluding hydrogens is 336 g/mol. The number of hydrogen-bond donors (Lipinski definition) is 0. The average molecular weight is 350 g/mol. The number of anilines is 1. The van der Waals surface area contributed by atoms with Crippen LogP contribution in [0.25, 0.3) is 0 Å². The number of ether oxygens (including phenoxy) is 1. The summed E-state index contributed by atoms with van der Waals surface area (Å²) in [6.07, 6.45) is 5.64. The molecule has 0 unspecified atom stereocenters. The second-order valence-electron chi connectivity index (χ2n) is 4.57. The molecule has 0 saturated heterocycles. The molecule has 23 heavy (non-hydrogen) atoms. The van der Waals surface area contributed by atoms with Crippen molar-refractivity contribution in [1.29, 1.82) is 0 Å². The Labute approximate surface area is 138 Å². The number of rotatable bonds is 6. The van der Waals surface area contributed by atoms with Crippen molar-refractivity contribution in [2.24, 2.45) is 0 Å². The molecule has 0 N–H and O–H groups in total. The number of hydrogen-bond acceptors (Lipinski definition) is 6. The van der Waals surface area contributed by atoms with Gasteiger partial charge in [0.15, 0.2) is 0 Å². The zero-order valence-electron chi connectivity index (χ0n) is 12.2. The van der Waals surface area contributed by atoms with E-state index in [0.717, 1.165) is 9.54 Å². The third-order valence-corrected chi connectivity index (χ3v) is 5.66. The molecule has 0 atom stereocenters. The van der Waals surface area contributed by atoms with Crippen molar-refractivity contribution in [3.05, 3.63) is 60.1 Å². The molecule has 0 aliphatic carbocycles. The van der Waals surface area contributed by atoms with Gasteiger partial charge in [0, 0.05) is 24.0 Å². The van der Waals surface area contributed by atoms with Gasteiger partial charge < -0.3 is 4.74 Å². The lowest BCUT2D eigenvalue weighted by atomic mass is 10.2. The molecule has 3 aromatic rings. The van der Waals surface area contributed by atoms with Crippen molar-refractivity contribution in [1.82, 2.24) is 13.9 Å². The smallest absolute Gasteiger partial charge is 0.333 e. The fraction of sp³-hybridized carbons (Fsp3) is 0.143. The van der Waals surface area contributed by atoms with Crippen LogP contribution in [0.4, 0.5) is 5.13 Å². The first-order chi connectivity index (χ1) is 11.1. The number of nitrogens with zero attached hydrogens (tertiary/aromatic N) is 4. The molecule has 2 heterocycles. The Kier molecular flexibility index (Phi) is 4.30. The van der Waals surface area contributed by atoms with Crippen LogP contribution in [0.3, 0.4) is 0 Å². The van der Waals surface area contributed by atoms with E-state index in [9.17, 15) is 8.42 Å². The zero-order chi connectivity index (χ0) is 16.3. The van der Waals surface area contributed by atoms with Gasteiger partial charge in [0.25, 0.3) is 0 Å². The number of benzene rings is 1. The van der Waals surface area contributed by atoms with Crippen molar-refractivity contribution in [2.75, 3.05) is 11.4 Å². The number of methoxy groups -OCH3 is 1. The quantitative estimate of drug-likeness (QED) is 0.681. The van der Waals surface area contributed by atoms with E-state index in [1.165, 1.54) is 34.4 Å². The van der Waals surface area contributed by atoms with Crippen LogP contribution in [-0.2, 0) is 16.8 Å². The number of aromatic nitrogens is 3. The second-order valence-corrected chi connectivity index (χ2v) is 7.20. The lowest BCUT2D eigenvalue weighted by molar-refractivity contribution is 0.414. The maximum Gasteiger partial charge on any atom is 0.333 e. The molecule has 2 aromatic heterocycles. The Morgan fingerprint density at radius 1 is 1.26 bits per heavy atom. The van der Waals surface area contributed by atoms with E-state index >= 15 is 0 Å². The van der Waals surface area contributed by atoms with E-state index in [1.807, 2.05) is 12.1 Å². The van der Waals surface area contributed by atoms with Crippen molar-refractivity contribution >= 4 is 26.7 Å². The molecule has 0 aliphatic heterocycles. The van der Waals surface area contributed by atoms with Crippen LogP contribution in [0, 0.1) is 0 Å². The van der Waals surface area contributed by atoms with Crippen LogP contribution in [0.15, 0.2) is 54.6 Å². The second kappa shape index (κ2) is 6.39. The molecule has 0 radical (unpaired) electrons. The summed E-state index contributed by atoms with van der Waals surface area (Å²) in [5, 5.41) is 2.13. The Balaban J connectivity index is 1.96. The van der Waals surface area contributed by atoms with Gasteiger partial charge in [0.05, 0.1) is 13.7 Å². The predicted octanol–water partition coefficient (Wildman–Crippen LogP) is 2.15. The summed E-state index contributed by atoms with van der Waals surface area (Å²) < 4.78 is 33.1. The summed E-state index contributed by atoms with van der Waals surface area (Å²) in [6.45, 7) is 0.165. The van der Waals surface area contributed by atoms with E-state index in [2.05, 4.69) is 9.97 Å². The third-order valence-electron chi connectivity index (χ3n) is 3.14. The standard InChI is InChI=1S/C14H14N4O3S2/c1-21-13-4-2-12(3-5-13)10-18(14-16-7-9-22-14)23(19,20)17-8-6-15-11-17/h2-9,11H,10H2,1H3. The maximum absolute atomic E-state index is 12.8. The fourth-order valence-electron chi connectivity index (χ4n) is 1.98. The highest BCUT2D eigenvalue weighted by molar-refractivity contribution is 7.91. The number of thiazole rings is 1. The number of imidazole rings is 1. The monoisotopic (exact) mass is 350 g/mol. The summed E-state index contributed by atoms with van der Waals surface area (Å²) in [4.78, 5) is 7.93. The van der Waals surface area contributed by atoms with Gasteiger partial charge in [-0.1, -0.05) is 12.1 Å². The van der Waals surface area contributed by atoms with E-state index < -0.39 is 10.2 Å². The van der Waals surface area contributed by atoms with Crippen molar-refractivity contribution in [3.63, 3.8) is 0 Å². The van der Waals surface area contributed by atoms with Gasteiger partial charge in [-0.2, -0.15) is 8.42 Å². The first-order valence-electron chi connectivity index (χ1n) is 6.65. The Hall–Kier alpha value is -2.39. The lowest BCUT2D eigenvalue weighted by Crippen LogP contribution is -2.34. The van der Waals surface area contributed by atoms with E-state index in [1.54, 1.807) is 30.8 Å². The van der Waals surface area contributed by atoms with Gasteiger partial charge >= 0.3 is 10.2 Å². The van der Waals surface area contributed by atoms with Crippen molar-refractivity contribution in [2.45, 2.75) is 6.54 Å². The molecule has 0 aliphatic rings. The van der Waals surface area contributed by atoms with Crippen LogP contribution in [0.1, 0.15) is 5.56 Å². The van der Waals surface area contributed by atoms with Crippen LogP contribution >= 0.6 is 11.3 Å². The SMILES string of the molecule is COc1ccc(CN(c2nccs2)S(=O)(=O)n2ccnc2)cc1. The largest absolute Gasteiger partial charge is 0.497 e. The van der Waals surface area contributed by atoms with Gasteiger partial charge in [-0.15, -0.1) is 11.3 Å². The fourth-order valence-corrected chi connectivity index (χ4v) is 4.11. The highest BCUT2D eigenvalue weighted by Gasteiger charge is 2.26. The summed E-state index contributed by atoms with van der Waals surface area (Å²) in [5.41, 5.74) is 0.824. The highest BCUT2D eigenvalue weighted by Crippen LogP contribution is 2.25. The van der Waals surface area contributed by atoms with E-state index in [4.69, 9.17) is 4.74 Å². The molecule has 0 amide bonds. The molecule has 3 rings (SSSR count). The van der Waals surface area contributed by atoms with Gasteiger partial charge in [0.1, 0.15) is 12.1 Å². The van der Waals surface area contributed by atoms with E-state index in [0.29, 0.717) is 10.9 Å². The average Bonchev–Trinajstić information content (AvgIpc) is 3.26. The highest BCUT2D eigenvalue weighted by atomic mass is 32.2. The third kappa shape index (κ3) is 3.20. The minimum atomic E-state index is -3.79. The van der Waals surface area contributed by atoms with Crippen LogP contribution < -0.4 is 9.04 Å². The Morgan fingerprint density at radius 2 is 2.04 bits per heavy atom. The van der Waals surface area contributed by atoms with Crippen LogP contribution in [0.5, 0.6) is 5.75 Å². The normalized spacial score (nSPS) is 11.3. The molecule has 0 saturated carbocycles. The minimum absolute atomic E-state index is 0.165. The van der Waals surface area contributed by atoms with Gasteiger partial charge in [-0.3, -0.25) is 0 Å². The summed E-state index contributed by atoms with van der Waals surface area (Å²) in [6, 6.07) is 7.23. The van der Waals surface area contributed by atoms with Gasteiger partial charge in [-0.25, -0.2) is 18.2 Å². The lowest BCUT2D eigenvalue weighted by Gasteiger charge is -2.21. The molecule has 120 valence electrons. The molecule has 7 nitrogen and oxygen atoms in total. The molecule has 0 fully saturated rings.